The van der Waals surface area contributed by atoms with Crippen LogP contribution in [0.3, 0.4) is 0 Å². The topological polar surface area (TPSA) is 91.0 Å². The summed E-state index contributed by atoms with van der Waals surface area (Å²) in [6.07, 6.45) is 0. The van der Waals surface area contributed by atoms with E-state index < -0.39 is 17.9 Å². The van der Waals surface area contributed by atoms with Gasteiger partial charge in [-0.3, -0.25) is 0 Å². The molecule has 0 heterocycles. The minimum absolute atomic E-state index is 0.0977. The van der Waals surface area contributed by atoms with E-state index in [2.05, 4.69) is 4.74 Å². The predicted octanol–water partition coefficient (Wildman–Crippen LogP) is 1.61. The standard InChI is InChI=1S/C13H17F2NO5/c1-4-21-12(18)13(14,15)11(16)7-5-8(19-2)10(17)9(6-7)20-3/h5-6,11,17H,4,16H2,1-3H3/t11-/m1/s1. The third-order valence-corrected chi connectivity index (χ3v) is 2.80. The van der Waals surface area contributed by atoms with Gasteiger partial charge in [-0.25, -0.2) is 4.79 Å². The molecular weight excluding hydrogens is 288 g/mol. The largest absolute Gasteiger partial charge is 0.502 e. The monoisotopic (exact) mass is 305 g/mol. The highest BCUT2D eigenvalue weighted by molar-refractivity contribution is 5.79. The maximum Gasteiger partial charge on any atom is 0.379 e. The summed E-state index contributed by atoms with van der Waals surface area (Å²) in [4.78, 5) is 11.3. The number of carbonyl (C=O) groups excluding carboxylic acids is 1. The van der Waals surface area contributed by atoms with E-state index in [-0.39, 0.29) is 29.4 Å². The summed E-state index contributed by atoms with van der Waals surface area (Å²) in [6, 6.07) is 0.241. The SMILES string of the molecule is CCOC(=O)C(F)(F)[C@H](N)c1cc(OC)c(O)c(OC)c1. The highest BCUT2D eigenvalue weighted by Crippen LogP contribution is 2.41. The van der Waals surface area contributed by atoms with E-state index >= 15 is 0 Å². The van der Waals surface area contributed by atoms with E-state index in [0.29, 0.717) is 0 Å². The summed E-state index contributed by atoms with van der Waals surface area (Å²) in [5.74, 6) is -6.19. The van der Waals surface area contributed by atoms with Gasteiger partial charge in [0.25, 0.3) is 0 Å². The number of esters is 1. The van der Waals surface area contributed by atoms with E-state index in [1.807, 2.05) is 0 Å². The quantitative estimate of drug-likeness (QED) is 0.776. The number of phenolic OH excluding ortho intramolecular Hbond substituents is 1. The molecule has 0 unspecified atom stereocenters. The first-order valence-electron chi connectivity index (χ1n) is 6.05. The molecule has 3 N–H and O–H groups in total. The average Bonchev–Trinajstić information content (AvgIpc) is 2.46. The van der Waals surface area contributed by atoms with Crippen molar-refractivity contribution in [1.29, 1.82) is 0 Å². The molecule has 118 valence electrons. The highest BCUT2D eigenvalue weighted by Gasteiger charge is 2.48. The summed E-state index contributed by atoms with van der Waals surface area (Å²) in [6.45, 7) is 1.22. The summed E-state index contributed by atoms with van der Waals surface area (Å²) < 4.78 is 41.8. The first kappa shape index (κ1) is 17.0. The number of halogens is 2. The molecule has 8 heteroatoms. The fourth-order valence-electron chi connectivity index (χ4n) is 1.66. The molecule has 0 saturated carbocycles. The molecule has 21 heavy (non-hydrogen) atoms. The molecule has 0 aliphatic heterocycles. The molecule has 0 fully saturated rings. The van der Waals surface area contributed by atoms with Gasteiger partial charge in [0.15, 0.2) is 11.5 Å². The molecule has 0 amide bonds. The zero-order valence-electron chi connectivity index (χ0n) is 11.9. The zero-order valence-corrected chi connectivity index (χ0v) is 11.9. The Balaban J connectivity index is 3.23. The summed E-state index contributed by atoms with van der Waals surface area (Å²) in [5, 5.41) is 9.72. The van der Waals surface area contributed by atoms with Crippen LogP contribution < -0.4 is 15.2 Å². The van der Waals surface area contributed by atoms with Gasteiger partial charge in [0.2, 0.25) is 5.75 Å². The lowest BCUT2D eigenvalue weighted by Gasteiger charge is -2.23. The molecule has 0 aromatic heterocycles. The number of phenols is 1. The van der Waals surface area contributed by atoms with E-state index in [9.17, 15) is 18.7 Å². The third-order valence-electron chi connectivity index (χ3n) is 2.80. The second-order valence-corrected chi connectivity index (χ2v) is 4.10. The van der Waals surface area contributed by atoms with Crippen molar-refractivity contribution >= 4 is 5.97 Å². The van der Waals surface area contributed by atoms with Crippen molar-refractivity contribution in [3.05, 3.63) is 17.7 Å². The van der Waals surface area contributed by atoms with Crippen LogP contribution in [0.25, 0.3) is 0 Å². The lowest BCUT2D eigenvalue weighted by atomic mass is 10.0. The number of aromatic hydroxyl groups is 1. The number of carbonyl (C=O) groups is 1. The zero-order chi connectivity index (χ0) is 16.2. The van der Waals surface area contributed by atoms with Crippen LogP contribution in [-0.2, 0) is 9.53 Å². The average molecular weight is 305 g/mol. The van der Waals surface area contributed by atoms with Crippen molar-refractivity contribution in [2.24, 2.45) is 5.73 Å². The van der Waals surface area contributed by atoms with Gasteiger partial charge in [0.05, 0.1) is 20.8 Å². The van der Waals surface area contributed by atoms with Gasteiger partial charge in [0.1, 0.15) is 6.04 Å². The maximum atomic E-state index is 13.9. The van der Waals surface area contributed by atoms with Gasteiger partial charge in [0, 0.05) is 0 Å². The van der Waals surface area contributed by atoms with Crippen LogP contribution in [0.4, 0.5) is 8.78 Å². The number of rotatable bonds is 6. The van der Waals surface area contributed by atoms with Crippen LogP contribution in [0.5, 0.6) is 17.2 Å². The number of hydrogen-bond acceptors (Lipinski definition) is 6. The summed E-state index contributed by atoms with van der Waals surface area (Å²) in [7, 11) is 2.49. The van der Waals surface area contributed by atoms with Gasteiger partial charge >= 0.3 is 11.9 Å². The van der Waals surface area contributed by atoms with Crippen molar-refractivity contribution in [3.8, 4) is 17.2 Å². The molecule has 1 rings (SSSR count). The number of hydrogen-bond donors (Lipinski definition) is 2. The fraction of sp³-hybridized carbons (Fsp3) is 0.462. The first-order valence-corrected chi connectivity index (χ1v) is 6.05. The van der Waals surface area contributed by atoms with Crippen molar-refractivity contribution in [1.82, 2.24) is 0 Å². The Morgan fingerprint density at radius 3 is 2.19 bits per heavy atom. The van der Waals surface area contributed by atoms with E-state index in [1.165, 1.54) is 21.1 Å². The molecule has 1 aromatic rings. The molecule has 0 radical (unpaired) electrons. The van der Waals surface area contributed by atoms with Crippen molar-refractivity contribution < 1.29 is 32.9 Å². The molecule has 0 spiro atoms. The third kappa shape index (κ3) is 3.33. The Hall–Kier alpha value is -2.09. The van der Waals surface area contributed by atoms with Crippen LogP contribution in [0, 0.1) is 0 Å². The Morgan fingerprint density at radius 2 is 1.81 bits per heavy atom. The fourth-order valence-corrected chi connectivity index (χ4v) is 1.66. The van der Waals surface area contributed by atoms with Crippen LogP contribution in [0.1, 0.15) is 18.5 Å². The van der Waals surface area contributed by atoms with E-state index in [0.717, 1.165) is 12.1 Å². The van der Waals surface area contributed by atoms with Crippen LogP contribution in [0.15, 0.2) is 12.1 Å². The van der Waals surface area contributed by atoms with Gasteiger partial charge in [-0.2, -0.15) is 8.78 Å². The van der Waals surface area contributed by atoms with Gasteiger partial charge in [-0.05, 0) is 24.6 Å². The van der Waals surface area contributed by atoms with Crippen LogP contribution in [-0.4, -0.2) is 37.8 Å². The normalized spacial score (nSPS) is 12.7. The predicted molar refractivity (Wildman–Crippen MR) is 69.7 cm³/mol. The molecule has 1 atom stereocenters. The number of alkyl halides is 2. The molecule has 0 bridgehead atoms. The number of nitrogens with two attached hydrogens (primary N) is 1. The summed E-state index contributed by atoms with van der Waals surface area (Å²) in [5.41, 5.74) is 5.32. The lowest BCUT2D eigenvalue weighted by molar-refractivity contribution is -0.174. The Labute approximate surface area is 120 Å². The van der Waals surface area contributed by atoms with Gasteiger partial charge < -0.3 is 25.1 Å². The second kappa shape index (κ2) is 6.57. The minimum Gasteiger partial charge on any atom is -0.502 e. The smallest absolute Gasteiger partial charge is 0.379 e. The highest BCUT2D eigenvalue weighted by atomic mass is 19.3. The molecule has 1 aromatic carbocycles. The van der Waals surface area contributed by atoms with Crippen molar-refractivity contribution in [2.75, 3.05) is 20.8 Å². The molecule has 0 saturated heterocycles. The Morgan fingerprint density at radius 1 is 1.33 bits per heavy atom. The van der Waals surface area contributed by atoms with Crippen LogP contribution >= 0.6 is 0 Å². The van der Waals surface area contributed by atoms with Crippen LogP contribution in [0.2, 0.25) is 0 Å². The molecule has 6 nitrogen and oxygen atoms in total. The summed E-state index contributed by atoms with van der Waals surface area (Å²) >= 11 is 0. The molecule has 0 aliphatic carbocycles. The van der Waals surface area contributed by atoms with E-state index in [4.69, 9.17) is 15.2 Å². The van der Waals surface area contributed by atoms with Crippen molar-refractivity contribution in [3.63, 3.8) is 0 Å². The number of ether oxygens (including phenoxy) is 3. The molecule has 0 aliphatic rings. The minimum atomic E-state index is -3.93. The van der Waals surface area contributed by atoms with Gasteiger partial charge in [-0.1, -0.05) is 0 Å². The van der Waals surface area contributed by atoms with Crippen molar-refractivity contribution in [2.45, 2.75) is 18.9 Å². The maximum absolute atomic E-state index is 13.9. The second-order valence-electron chi connectivity index (χ2n) is 4.10. The Bertz CT molecular complexity index is 496. The van der Waals surface area contributed by atoms with Gasteiger partial charge in [-0.15, -0.1) is 0 Å². The van der Waals surface area contributed by atoms with E-state index in [1.54, 1.807) is 0 Å². The lowest BCUT2D eigenvalue weighted by Crippen LogP contribution is -2.41. The Kier molecular flexibility index (Phi) is 5.31. The first-order chi connectivity index (χ1) is 9.79. The number of benzene rings is 1. The number of methoxy groups -OCH3 is 2. The molecular formula is C13H17F2NO5.